The third-order valence-corrected chi connectivity index (χ3v) is 1.56. The lowest BCUT2D eigenvalue weighted by Gasteiger charge is -2.16. The van der Waals surface area contributed by atoms with Gasteiger partial charge in [0.05, 0.1) is 6.67 Å². The lowest BCUT2D eigenvalue weighted by Crippen LogP contribution is -2.22. The highest BCUT2D eigenvalue weighted by atomic mass is 15.3. The van der Waals surface area contributed by atoms with Crippen molar-refractivity contribution in [3.63, 3.8) is 0 Å². The van der Waals surface area contributed by atoms with E-state index >= 15 is 0 Å². The molecule has 0 spiro atoms. The van der Waals surface area contributed by atoms with E-state index in [2.05, 4.69) is 36.2 Å². The molecule has 0 unspecified atom stereocenters. The summed E-state index contributed by atoms with van der Waals surface area (Å²) in [7, 11) is 2.09. The second-order valence-electron chi connectivity index (χ2n) is 2.86. The Bertz CT molecular complexity index is 235. The van der Waals surface area contributed by atoms with Crippen LogP contribution in [0.4, 0.5) is 0 Å². The first-order valence-corrected chi connectivity index (χ1v) is 4.40. The van der Waals surface area contributed by atoms with Gasteiger partial charge in [0.25, 0.3) is 0 Å². The molecule has 0 aromatic carbocycles. The van der Waals surface area contributed by atoms with Crippen LogP contribution in [0.25, 0.3) is 0 Å². The van der Waals surface area contributed by atoms with Crippen LogP contribution in [0.15, 0.2) is 12.4 Å². The number of nitriles is 2. The van der Waals surface area contributed by atoms with Gasteiger partial charge >= 0.3 is 0 Å². The summed E-state index contributed by atoms with van der Waals surface area (Å²) < 4.78 is 0. The van der Waals surface area contributed by atoms with Crippen LogP contribution in [0.1, 0.15) is 13.3 Å². The predicted octanol–water partition coefficient (Wildman–Crippen LogP) is 0.611. The zero-order chi connectivity index (χ0) is 10.8. The van der Waals surface area contributed by atoms with E-state index < -0.39 is 0 Å². The first-order valence-electron chi connectivity index (χ1n) is 4.40. The molecule has 5 nitrogen and oxygen atoms in total. The Labute approximate surface area is 84.8 Å². The van der Waals surface area contributed by atoms with Crippen LogP contribution in [0.3, 0.4) is 0 Å². The first-order chi connectivity index (χ1) is 6.74. The van der Waals surface area contributed by atoms with Crippen molar-refractivity contribution >= 4 is 0 Å². The molecule has 0 aromatic heterocycles. The summed E-state index contributed by atoms with van der Waals surface area (Å²) in [6, 6.07) is 0. The van der Waals surface area contributed by atoms with Crippen molar-refractivity contribution in [2.24, 2.45) is 0 Å². The van der Waals surface area contributed by atoms with E-state index in [-0.39, 0.29) is 0 Å². The Hall–Kier alpha value is -1.88. The zero-order valence-corrected chi connectivity index (χ0v) is 8.56. The van der Waals surface area contributed by atoms with E-state index in [1.165, 1.54) is 25.4 Å². The van der Waals surface area contributed by atoms with Gasteiger partial charge in [-0.15, -0.1) is 0 Å². The fourth-order valence-corrected chi connectivity index (χ4v) is 1.05. The van der Waals surface area contributed by atoms with Gasteiger partial charge in [0.1, 0.15) is 0 Å². The van der Waals surface area contributed by atoms with Gasteiger partial charge in [0.15, 0.2) is 12.4 Å². The minimum atomic E-state index is 1.06. The molecule has 1 N–H and O–H groups in total. The highest BCUT2D eigenvalue weighted by molar-refractivity contribution is 4.87. The van der Waals surface area contributed by atoms with Gasteiger partial charge in [-0.05, 0) is 6.42 Å². The number of rotatable bonds is 2. The van der Waals surface area contributed by atoms with E-state index in [0.29, 0.717) is 0 Å². The maximum absolute atomic E-state index is 7.48. The van der Waals surface area contributed by atoms with Crippen molar-refractivity contribution < 1.29 is 0 Å². The maximum atomic E-state index is 7.48. The fourth-order valence-electron chi connectivity index (χ4n) is 1.05. The van der Waals surface area contributed by atoms with Gasteiger partial charge < -0.3 is 9.80 Å². The second-order valence-corrected chi connectivity index (χ2v) is 2.86. The van der Waals surface area contributed by atoms with Crippen molar-refractivity contribution in [1.29, 1.82) is 10.5 Å². The highest BCUT2D eigenvalue weighted by Crippen LogP contribution is 2.02. The fraction of sp³-hybridized carbons (Fsp3) is 0.556. The average molecular weight is 193 g/mol. The summed E-state index contributed by atoms with van der Waals surface area (Å²) in [6.45, 7) is 4.45. The highest BCUT2D eigenvalue weighted by Gasteiger charge is 2.04. The molecule has 5 heteroatoms. The number of nitrogens with zero attached hydrogens (tertiary/aromatic N) is 4. The zero-order valence-electron chi connectivity index (χ0n) is 8.56. The topological polar surface area (TPSA) is 66.1 Å². The Morgan fingerprint density at radius 3 is 2.29 bits per heavy atom. The number of hydrogen-bond acceptors (Lipinski definition) is 5. The van der Waals surface area contributed by atoms with Crippen molar-refractivity contribution in [2.75, 3.05) is 20.3 Å². The lowest BCUT2D eigenvalue weighted by molar-refractivity contribution is 0.297. The number of nitrogens with one attached hydrogen (secondary N) is 1. The Morgan fingerprint density at radius 1 is 1.36 bits per heavy atom. The molecular weight excluding hydrogens is 178 g/mol. The van der Waals surface area contributed by atoms with Crippen molar-refractivity contribution in [2.45, 2.75) is 13.3 Å². The van der Waals surface area contributed by atoms with Gasteiger partial charge in [0.2, 0.25) is 0 Å². The van der Waals surface area contributed by atoms with Crippen LogP contribution in [-0.4, -0.2) is 30.1 Å². The SMILES string of the molecule is CCCN1C=CN(C)C1.N#CNC#N. The van der Waals surface area contributed by atoms with Gasteiger partial charge in [-0.25, -0.2) is 5.32 Å². The second kappa shape index (κ2) is 7.75. The van der Waals surface area contributed by atoms with E-state index in [1.807, 2.05) is 0 Å². The Kier molecular flexibility index (Phi) is 6.71. The minimum Gasteiger partial charge on any atom is -0.362 e. The van der Waals surface area contributed by atoms with Crippen LogP contribution >= 0.6 is 0 Å². The average Bonchev–Trinajstić information content (AvgIpc) is 2.55. The molecular formula is C9H15N5. The minimum absolute atomic E-state index is 1.06. The van der Waals surface area contributed by atoms with E-state index in [9.17, 15) is 0 Å². The molecule has 0 radical (unpaired) electrons. The summed E-state index contributed by atoms with van der Waals surface area (Å²) in [5.41, 5.74) is 0. The number of hydrogen-bond donors (Lipinski definition) is 1. The van der Waals surface area contributed by atoms with Gasteiger partial charge in [-0.3, -0.25) is 0 Å². The van der Waals surface area contributed by atoms with Crippen molar-refractivity contribution in [3.8, 4) is 12.4 Å². The molecule has 1 rings (SSSR count). The first kappa shape index (κ1) is 12.1. The summed E-state index contributed by atoms with van der Waals surface area (Å²) >= 11 is 0. The molecule has 0 saturated heterocycles. The summed E-state index contributed by atoms with van der Waals surface area (Å²) in [5, 5.41) is 16.7. The van der Waals surface area contributed by atoms with Gasteiger partial charge in [-0.1, -0.05) is 6.92 Å². The van der Waals surface area contributed by atoms with Gasteiger partial charge in [-0.2, -0.15) is 10.5 Å². The van der Waals surface area contributed by atoms with Crippen LogP contribution in [-0.2, 0) is 0 Å². The molecule has 0 bridgehead atoms. The molecule has 1 aliphatic rings. The quantitative estimate of drug-likeness (QED) is 0.514. The Balaban J connectivity index is 0.000000292. The molecule has 0 aromatic rings. The predicted molar refractivity (Wildman–Crippen MR) is 53.1 cm³/mol. The van der Waals surface area contributed by atoms with E-state index in [1.54, 1.807) is 5.32 Å². The smallest absolute Gasteiger partial charge is 0.190 e. The molecule has 1 aliphatic heterocycles. The third kappa shape index (κ3) is 5.73. The maximum Gasteiger partial charge on any atom is 0.190 e. The van der Waals surface area contributed by atoms with E-state index in [4.69, 9.17) is 10.5 Å². The standard InChI is InChI=1S/C7H14N2.C2HN3/c1-3-4-9-6-5-8(2)7-9;3-1-5-2-4/h5-6H,3-4,7H2,1-2H3;5H. The monoisotopic (exact) mass is 193 g/mol. The summed E-state index contributed by atoms with van der Waals surface area (Å²) in [5.74, 6) is 0. The summed E-state index contributed by atoms with van der Waals surface area (Å²) in [6.07, 6.45) is 8.30. The molecule has 14 heavy (non-hydrogen) atoms. The molecule has 0 saturated carbocycles. The Morgan fingerprint density at radius 2 is 2.00 bits per heavy atom. The lowest BCUT2D eigenvalue weighted by atomic mass is 10.4. The molecule has 0 aliphatic carbocycles. The van der Waals surface area contributed by atoms with Gasteiger partial charge in [0, 0.05) is 26.0 Å². The van der Waals surface area contributed by atoms with E-state index in [0.717, 1.165) is 6.67 Å². The van der Waals surface area contributed by atoms with Crippen LogP contribution in [0, 0.1) is 22.9 Å². The molecule has 0 amide bonds. The molecule has 76 valence electrons. The molecule has 1 heterocycles. The normalized spacial score (nSPS) is 12.6. The third-order valence-electron chi connectivity index (χ3n) is 1.56. The summed E-state index contributed by atoms with van der Waals surface area (Å²) in [4.78, 5) is 4.48. The molecule has 0 atom stereocenters. The van der Waals surface area contributed by atoms with Crippen molar-refractivity contribution in [1.82, 2.24) is 15.1 Å². The van der Waals surface area contributed by atoms with Crippen LogP contribution in [0.5, 0.6) is 0 Å². The van der Waals surface area contributed by atoms with Crippen LogP contribution < -0.4 is 5.32 Å². The molecule has 0 fully saturated rings. The van der Waals surface area contributed by atoms with Crippen molar-refractivity contribution in [3.05, 3.63) is 12.4 Å². The van der Waals surface area contributed by atoms with Crippen LogP contribution in [0.2, 0.25) is 0 Å². The largest absolute Gasteiger partial charge is 0.362 e.